The third-order valence-electron chi connectivity index (χ3n) is 3.42. The van der Waals surface area contributed by atoms with Gasteiger partial charge in [0.25, 0.3) is 5.91 Å². The van der Waals surface area contributed by atoms with E-state index >= 15 is 0 Å². The standard InChI is InChI=1S/C12H14N4OS/c1-7-8-3-5-18-10(8)2-4-16(7)12(17)11-9(13)6-14-15-11/h3,5-7H,2,4,13H2,1H3,(H,14,15). The zero-order valence-electron chi connectivity index (χ0n) is 10.0. The van der Waals surface area contributed by atoms with Gasteiger partial charge in [-0.05, 0) is 30.4 Å². The van der Waals surface area contributed by atoms with Crippen molar-refractivity contribution >= 4 is 22.9 Å². The smallest absolute Gasteiger partial charge is 0.274 e. The zero-order chi connectivity index (χ0) is 12.7. The Kier molecular flexibility index (Phi) is 2.59. The molecule has 3 rings (SSSR count). The number of fused-ring (bicyclic) bond motifs is 1. The largest absolute Gasteiger partial charge is 0.396 e. The quantitative estimate of drug-likeness (QED) is 0.823. The predicted octanol–water partition coefficient (Wildman–Crippen LogP) is 1.81. The molecular weight excluding hydrogens is 248 g/mol. The average molecular weight is 262 g/mol. The number of rotatable bonds is 1. The summed E-state index contributed by atoms with van der Waals surface area (Å²) in [5.41, 5.74) is 7.77. The van der Waals surface area contributed by atoms with Gasteiger partial charge in [0, 0.05) is 11.4 Å². The number of nitrogen functional groups attached to an aromatic ring is 1. The Morgan fingerprint density at radius 3 is 3.22 bits per heavy atom. The summed E-state index contributed by atoms with van der Waals surface area (Å²) < 4.78 is 0. The summed E-state index contributed by atoms with van der Waals surface area (Å²) in [7, 11) is 0. The van der Waals surface area contributed by atoms with Crippen molar-refractivity contribution < 1.29 is 4.79 Å². The molecule has 1 aliphatic rings. The van der Waals surface area contributed by atoms with Gasteiger partial charge in [-0.2, -0.15) is 5.10 Å². The molecule has 0 spiro atoms. The Labute approximate surface area is 109 Å². The Morgan fingerprint density at radius 2 is 2.50 bits per heavy atom. The van der Waals surface area contributed by atoms with Crippen molar-refractivity contribution in [1.82, 2.24) is 15.1 Å². The number of thiophene rings is 1. The van der Waals surface area contributed by atoms with Gasteiger partial charge in [-0.3, -0.25) is 9.89 Å². The topological polar surface area (TPSA) is 75.0 Å². The fourth-order valence-corrected chi connectivity index (χ4v) is 3.36. The summed E-state index contributed by atoms with van der Waals surface area (Å²) in [5.74, 6) is -0.0747. The van der Waals surface area contributed by atoms with Crippen molar-refractivity contribution in [3.8, 4) is 0 Å². The molecule has 1 amide bonds. The lowest BCUT2D eigenvalue weighted by Crippen LogP contribution is -2.38. The highest BCUT2D eigenvalue weighted by molar-refractivity contribution is 7.10. The normalized spacial score (nSPS) is 18.7. The summed E-state index contributed by atoms with van der Waals surface area (Å²) in [6.45, 7) is 2.78. The van der Waals surface area contributed by atoms with Crippen LogP contribution in [0.25, 0.3) is 0 Å². The lowest BCUT2D eigenvalue weighted by Gasteiger charge is -2.33. The predicted molar refractivity (Wildman–Crippen MR) is 70.5 cm³/mol. The number of amides is 1. The Balaban J connectivity index is 1.91. The van der Waals surface area contributed by atoms with Gasteiger partial charge in [-0.1, -0.05) is 0 Å². The molecule has 1 unspecified atom stereocenters. The maximum Gasteiger partial charge on any atom is 0.274 e. The van der Waals surface area contributed by atoms with Gasteiger partial charge in [0.15, 0.2) is 0 Å². The minimum Gasteiger partial charge on any atom is -0.396 e. The molecule has 94 valence electrons. The highest BCUT2D eigenvalue weighted by atomic mass is 32.1. The number of nitrogens with two attached hydrogens (primary N) is 1. The monoisotopic (exact) mass is 262 g/mol. The first-order valence-corrected chi connectivity index (χ1v) is 6.72. The van der Waals surface area contributed by atoms with Gasteiger partial charge in [-0.15, -0.1) is 11.3 Å². The van der Waals surface area contributed by atoms with Crippen LogP contribution in [0.15, 0.2) is 17.6 Å². The number of hydrogen-bond donors (Lipinski definition) is 2. The SMILES string of the molecule is CC1c2ccsc2CCN1C(=O)c1[nH]ncc1N. The first kappa shape index (κ1) is 11.3. The van der Waals surface area contributed by atoms with Crippen molar-refractivity contribution in [1.29, 1.82) is 0 Å². The van der Waals surface area contributed by atoms with Crippen LogP contribution in [0.3, 0.4) is 0 Å². The molecule has 18 heavy (non-hydrogen) atoms. The highest BCUT2D eigenvalue weighted by Crippen LogP contribution is 2.33. The molecule has 0 aromatic carbocycles. The lowest BCUT2D eigenvalue weighted by molar-refractivity contribution is 0.0674. The van der Waals surface area contributed by atoms with Crippen LogP contribution in [0, 0.1) is 0 Å². The molecule has 0 saturated heterocycles. The van der Waals surface area contributed by atoms with Crippen molar-refractivity contribution in [3.63, 3.8) is 0 Å². The number of aromatic amines is 1. The number of carbonyl (C=O) groups excluding carboxylic acids is 1. The van der Waals surface area contributed by atoms with Crippen molar-refractivity contribution in [2.75, 3.05) is 12.3 Å². The van der Waals surface area contributed by atoms with Crippen molar-refractivity contribution in [2.45, 2.75) is 19.4 Å². The third-order valence-corrected chi connectivity index (χ3v) is 4.42. The van der Waals surface area contributed by atoms with Crippen molar-refractivity contribution in [2.24, 2.45) is 0 Å². The van der Waals surface area contributed by atoms with Crippen molar-refractivity contribution in [3.05, 3.63) is 33.8 Å². The second kappa shape index (κ2) is 4.13. The van der Waals surface area contributed by atoms with E-state index in [1.807, 2.05) is 4.90 Å². The molecule has 0 aliphatic carbocycles. The number of carbonyl (C=O) groups is 1. The van der Waals surface area contributed by atoms with Crippen LogP contribution in [0.4, 0.5) is 5.69 Å². The maximum atomic E-state index is 12.4. The van der Waals surface area contributed by atoms with Crippen LogP contribution in [0.1, 0.15) is 33.9 Å². The number of nitrogens with one attached hydrogen (secondary N) is 1. The molecule has 3 heterocycles. The second-order valence-electron chi connectivity index (χ2n) is 4.42. The van der Waals surface area contributed by atoms with E-state index in [2.05, 4.69) is 28.6 Å². The average Bonchev–Trinajstić information content (AvgIpc) is 2.97. The summed E-state index contributed by atoms with van der Waals surface area (Å²) in [6, 6.07) is 2.19. The van der Waals surface area contributed by atoms with Gasteiger partial charge < -0.3 is 10.6 Å². The van der Waals surface area contributed by atoms with E-state index in [4.69, 9.17) is 5.73 Å². The number of anilines is 1. The number of nitrogens with zero attached hydrogens (tertiary/aromatic N) is 2. The Bertz CT molecular complexity index is 588. The summed E-state index contributed by atoms with van der Waals surface area (Å²) in [6.07, 6.45) is 2.38. The van der Waals surface area contributed by atoms with Crippen LogP contribution < -0.4 is 5.73 Å². The van der Waals surface area contributed by atoms with E-state index < -0.39 is 0 Å². The first-order valence-electron chi connectivity index (χ1n) is 5.84. The van der Waals surface area contributed by atoms with E-state index in [-0.39, 0.29) is 11.9 Å². The number of aromatic nitrogens is 2. The Morgan fingerprint density at radius 1 is 1.67 bits per heavy atom. The van der Waals surface area contributed by atoms with E-state index in [0.717, 1.165) is 13.0 Å². The zero-order valence-corrected chi connectivity index (χ0v) is 10.8. The molecule has 1 atom stereocenters. The van der Waals surface area contributed by atoms with Crippen LogP contribution in [0.2, 0.25) is 0 Å². The second-order valence-corrected chi connectivity index (χ2v) is 5.42. The van der Waals surface area contributed by atoms with Gasteiger partial charge in [0.2, 0.25) is 0 Å². The van der Waals surface area contributed by atoms with Gasteiger partial charge in [-0.25, -0.2) is 0 Å². The highest BCUT2D eigenvalue weighted by Gasteiger charge is 2.30. The first-order chi connectivity index (χ1) is 8.68. The molecule has 6 heteroatoms. The number of H-pyrrole nitrogens is 1. The van der Waals surface area contributed by atoms with Gasteiger partial charge in [0.1, 0.15) is 5.69 Å². The molecular formula is C12H14N4OS. The molecule has 5 nitrogen and oxygen atoms in total. The minimum absolute atomic E-state index is 0.0747. The van der Waals surface area contributed by atoms with Crippen LogP contribution in [-0.4, -0.2) is 27.5 Å². The molecule has 0 bridgehead atoms. The molecule has 0 radical (unpaired) electrons. The van der Waals surface area contributed by atoms with Crippen LogP contribution >= 0.6 is 11.3 Å². The maximum absolute atomic E-state index is 12.4. The lowest BCUT2D eigenvalue weighted by atomic mass is 10.0. The third kappa shape index (κ3) is 1.60. The summed E-state index contributed by atoms with van der Waals surface area (Å²) >= 11 is 1.76. The molecule has 2 aromatic rings. The Hall–Kier alpha value is -1.82. The van der Waals surface area contributed by atoms with Gasteiger partial charge >= 0.3 is 0 Å². The summed E-state index contributed by atoms with van der Waals surface area (Å²) in [5, 5.41) is 8.56. The molecule has 0 fully saturated rings. The minimum atomic E-state index is -0.0747. The number of hydrogen-bond acceptors (Lipinski definition) is 4. The van der Waals surface area contributed by atoms with E-state index in [9.17, 15) is 4.79 Å². The van der Waals surface area contributed by atoms with Crippen LogP contribution in [0.5, 0.6) is 0 Å². The molecule has 2 aromatic heterocycles. The molecule has 3 N–H and O–H groups in total. The fraction of sp³-hybridized carbons (Fsp3) is 0.333. The van der Waals surface area contributed by atoms with Crippen LogP contribution in [-0.2, 0) is 6.42 Å². The van der Waals surface area contributed by atoms with E-state index in [1.54, 1.807) is 11.3 Å². The van der Waals surface area contributed by atoms with E-state index in [1.165, 1.54) is 16.6 Å². The fourth-order valence-electron chi connectivity index (χ4n) is 2.40. The van der Waals surface area contributed by atoms with E-state index in [0.29, 0.717) is 11.4 Å². The summed E-state index contributed by atoms with van der Waals surface area (Å²) in [4.78, 5) is 15.6. The molecule has 0 saturated carbocycles. The molecule has 1 aliphatic heterocycles. The van der Waals surface area contributed by atoms with Gasteiger partial charge in [0.05, 0.1) is 17.9 Å².